The van der Waals surface area contributed by atoms with Gasteiger partial charge in [0, 0.05) is 25.3 Å². The van der Waals surface area contributed by atoms with Crippen LogP contribution in [-0.4, -0.2) is 32.6 Å². The molecule has 1 aromatic rings. The monoisotopic (exact) mass is 364 g/mol. The average Bonchev–Trinajstić information content (AvgIpc) is 2.39. The first-order chi connectivity index (χ1) is 9.40. The number of nitro benzene ring substituents is 1. The highest BCUT2D eigenvalue weighted by molar-refractivity contribution is 9.10. The summed E-state index contributed by atoms with van der Waals surface area (Å²) in [5.41, 5.74) is -0.278. The second-order valence-electron chi connectivity index (χ2n) is 4.38. The maximum atomic E-state index is 12.2. The third-order valence-corrected chi connectivity index (χ3v) is 5.16. The Morgan fingerprint density at radius 1 is 1.35 bits per heavy atom. The van der Waals surface area contributed by atoms with Gasteiger partial charge in [0.25, 0.3) is 5.69 Å². The van der Waals surface area contributed by atoms with Gasteiger partial charge >= 0.3 is 0 Å². The van der Waals surface area contributed by atoms with Crippen LogP contribution in [0.1, 0.15) is 12.8 Å². The molecule has 0 unspecified atom stereocenters. The molecule has 0 aliphatic carbocycles. The van der Waals surface area contributed by atoms with Crippen LogP contribution < -0.4 is 4.72 Å². The van der Waals surface area contributed by atoms with Crippen molar-refractivity contribution < 1.29 is 18.1 Å². The van der Waals surface area contributed by atoms with Crippen molar-refractivity contribution in [2.75, 3.05) is 13.2 Å². The van der Waals surface area contributed by atoms with Crippen LogP contribution in [0.2, 0.25) is 0 Å². The maximum Gasteiger partial charge on any atom is 0.284 e. The number of benzene rings is 1. The van der Waals surface area contributed by atoms with Crippen molar-refractivity contribution in [1.82, 2.24) is 4.72 Å². The Bertz CT molecular complexity index is 613. The molecule has 1 aromatic carbocycles. The number of sulfonamides is 1. The molecule has 1 saturated heterocycles. The SMILES string of the molecule is O=[N+]([O-])c1cc(S(=O)(=O)NC2CCOCC2)ccc1Br. The summed E-state index contributed by atoms with van der Waals surface area (Å²) in [5, 5.41) is 10.8. The summed E-state index contributed by atoms with van der Waals surface area (Å²) in [7, 11) is -3.76. The highest BCUT2D eigenvalue weighted by atomic mass is 79.9. The van der Waals surface area contributed by atoms with Crippen molar-refractivity contribution in [3.05, 3.63) is 32.8 Å². The van der Waals surface area contributed by atoms with Gasteiger partial charge in [-0.05, 0) is 40.9 Å². The molecule has 7 nitrogen and oxygen atoms in total. The van der Waals surface area contributed by atoms with Crippen LogP contribution in [0.3, 0.4) is 0 Å². The topological polar surface area (TPSA) is 98.5 Å². The molecule has 0 saturated carbocycles. The van der Waals surface area contributed by atoms with Gasteiger partial charge in [-0.15, -0.1) is 0 Å². The Balaban J connectivity index is 2.24. The molecular weight excluding hydrogens is 352 g/mol. The molecule has 0 amide bonds. The van der Waals surface area contributed by atoms with Gasteiger partial charge in [-0.25, -0.2) is 13.1 Å². The van der Waals surface area contributed by atoms with E-state index in [-0.39, 0.29) is 21.1 Å². The summed E-state index contributed by atoms with van der Waals surface area (Å²) >= 11 is 3.02. The smallest absolute Gasteiger partial charge is 0.284 e. The summed E-state index contributed by atoms with van der Waals surface area (Å²) in [6.45, 7) is 1.02. The fourth-order valence-corrected chi connectivity index (χ4v) is 3.62. The minimum absolute atomic E-state index is 0.112. The zero-order chi connectivity index (χ0) is 14.8. The number of halogens is 1. The molecule has 1 aliphatic rings. The summed E-state index contributed by atoms with van der Waals surface area (Å²) in [6, 6.07) is 3.54. The average molecular weight is 365 g/mol. The van der Waals surface area contributed by atoms with E-state index in [0.29, 0.717) is 26.1 Å². The van der Waals surface area contributed by atoms with Crippen molar-refractivity contribution in [2.24, 2.45) is 0 Å². The lowest BCUT2D eigenvalue weighted by Gasteiger charge is -2.22. The maximum absolute atomic E-state index is 12.2. The van der Waals surface area contributed by atoms with Crippen molar-refractivity contribution in [3.8, 4) is 0 Å². The predicted molar refractivity (Wildman–Crippen MR) is 75.0 cm³/mol. The number of ether oxygens (including phenoxy) is 1. The molecule has 110 valence electrons. The Kier molecular flexibility index (Phi) is 4.74. The van der Waals surface area contributed by atoms with E-state index in [0.717, 1.165) is 6.07 Å². The van der Waals surface area contributed by atoms with Crippen LogP contribution in [0.25, 0.3) is 0 Å². The van der Waals surface area contributed by atoms with Crippen molar-refractivity contribution in [1.29, 1.82) is 0 Å². The van der Waals surface area contributed by atoms with Crippen molar-refractivity contribution in [2.45, 2.75) is 23.8 Å². The highest BCUT2D eigenvalue weighted by Crippen LogP contribution is 2.27. The quantitative estimate of drug-likeness (QED) is 0.648. The fraction of sp³-hybridized carbons (Fsp3) is 0.455. The molecular formula is C11H13BrN2O5S. The van der Waals surface area contributed by atoms with Gasteiger partial charge in [-0.2, -0.15) is 0 Å². The van der Waals surface area contributed by atoms with Gasteiger partial charge in [0.1, 0.15) is 0 Å². The highest BCUT2D eigenvalue weighted by Gasteiger charge is 2.24. The standard InChI is InChI=1S/C11H13BrN2O5S/c12-10-2-1-9(7-11(10)14(15)16)20(17,18)13-8-3-5-19-6-4-8/h1-2,7-8,13H,3-6H2. The lowest BCUT2D eigenvalue weighted by Crippen LogP contribution is -2.38. The Labute approximate surface area is 124 Å². The third kappa shape index (κ3) is 3.54. The molecule has 0 spiro atoms. The first-order valence-electron chi connectivity index (χ1n) is 5.94. The van der Waals surface area contributed by atoms with E-state index in [1.54, 1.807) is 0 Å². The molecule has 1 heterocycles. The number of rotatable bonds is 4. The molecule has 0 bridgehead atoms. The van der Waals surface area contributed by atoms with E-state index < -0.39 is 14.9 Å². The lowest BCUT2D eigenvalue weighted by molar-refractivity contribution is -0.385. The van der Waals surface area contributed by atoms with Crippen molar-refractivity contribution in [3.63, 3.8) is 0 Å². The second-order valence-corrected chi connectivity index (χ2v) is 6.95. The van der Waals surface area contributed by atoms with Gasteiger partial charge in [0.2, 0.25) is 10.0 Å². The van der Waals surface area contributed by atoms with Crippen LogP contribution in [-0.2, 0) is 14.8 Å². The van der Waals surface area contributed by atoms with Gasteiger partial charge in [0.05, 0.1) is 14.3 Å². The summed E-state index contributed by atoms with van der Waals surface area (Å²) in [6.07, 6.45) is 1.19. The molecule has 0 radical (unpaired) electrons. The Morgan fingerprint density at radius 2 is 2.00 bits per heavy atom. The molecule has 2 rings (SSSR count). The number of hydrogen-bond donors (Lipinski definition) is 1. The fourth-order valence-electron chi connectivity index (χ4n) is 1.90. The summed E-state index contributed by atoms with van der Waals surface area (Å²) in [5.74, 6) is 0. The van der Waals surface area contributed by atoms with E-state index in [1.807, 2.05) is 0 Å². The van der Waals surface area contributed by atoms with E-state index >= 15 is 0 Å². The van der Waals surface area contributed by atoms with Crippen LogP contribution in [0, 0.1) is 10.1 Å². The zero-order valence-corrected chi connectivity index (χ0v) is 12.8. The van der Waals surface area contributed by atoms with Gasteiger partial charge in [0.15, 0.2) is 0 Å². The van der Waals surface area contributed by atoms with E-state index in [9.17, 15) is 18.5 Å². The Morgan fingerprint density at radius 3 is 2.60 bits per heavy atom. The number of nitrogens with one attached hydrogen (secondary N) is 1. The van der Waals surface area contributed by atoms with Crippen molar-refractivity contribution >= 4 is 31.6 Å². The first kappa shape index (κ1) is 15.4. The van der Waals surface area contributed by atoms with Gasteiger partial charge in [-0.1, -0.05) is 0 Å². The van der Waals surface area contributed by atoms with Gasteiger partial charge in [-0.3, -0.25) is 10.1 Å². The van der Waals surface area contributed by atoms with E-state index in [2.05, 4.69) is 20.7 Å². The first-order valence-corrected chi connectivity index (χ1v) is 8.22. The van der Waals surface area contributed by atoms with Crippen LogP contribution in [0.5, 0.6) is 0 Å². The molecule has 1 aliphatic heterocycles. The second kappa shape index (κ2) is 6.17. The molecule has 0 atom stereocenters. The summed E-state index contributed by atoms with van der Waals surface area (Å²) < 4.78 is 32.3. The minimum Gasteiger partial charge on any atom is -0.381 e. The Hall–Kier alpha value is -1.03. The van der Waals surface area contributed by atoms with E-state index in [1.165, 1.54) is 12.1 Å². The molecule has 1 N–H and O–H groups in total. The van der Waals surface area contributed by atoms with Gasteiger partial charge < -0.3 is 4.74 Å². The number of hydrogen-bond acceptors (Lipinski definition) is 5. The molecule has 0 aromatic heterocycles. The third-order valence-electron chi connectivity index (χ3n) is 2.97. The van der Waals surface area contributed by atoms with Crippen LogP contribution in [0.4, 0.5) is 5.69 Å². The summed E-state index contributed by atoms with van der Waals surface area (Å²) in [4.78, 5) is 10.1. The lowest BCUT2D eigenvalue weighted by atomic mass is 10.1. The zero-order valence-electron chi connectivity index (χ0n) is 10.4. The largest absolute Gasteiger partial charge is 0.381 e. The minimum atomic E-state index is -3.76. The number of nitrogens with zero attached hydrogens (tertiary/aromatic N) is 1. The van der Waals surface area contributed by atoms with E-state index in [4.69, 9.17) is 4.74 Å². The predicted octanol–water partition coefficient (Wildman–Crippen LogP) is 1.81. The normalized spacial score (nSPS) is 17.1. The molecule has 9 heteroatoms. The van der Waals surface area contributed by atoms with Crippen LogP contribution in [0.15, 0.2) is 27.6 Å². The molecule has 1 fully saturated rings. The van der Waals surface area contributed by atoms with Crippen LogP contribution >= 0.6 is 15.9 Å². The number of nitro groups is 1. The molecule has 20 heavy (non-hydrogen) atoms.